The van der Waals surface area contributed by atoms with E-state index in [-0.39, 0.29) is 5.91 Å². The van der Waals surface area contributed by atoms with E-state index in [4.69, 9.17) is 9.47 Å². The van der Waals surface area contributed by atoms with Gasteiger partial charge in [-0.05, 0) is 38.2 Å². The van der Waals surface area contributed by atoms with Crippen LogP contribution in [-0.2, 0) is 11.2 Å². The third-order valence-electron chi connectivity index (χ3n) is 4.66. The highest BCUT2D eigenvalue weighted by Gasteiger charge is 2.20. The van der Waals surface area contributed by atoms with Gasteiger partial charge in [0.15, 0.2) is 11.5 Å². The number of amides is 1. The summed E-state index contributed by atoms with van der Waals surface area (Å²) >= 11 is 0. The van der Waals surface area contributed by atoms with Gasteiger partial charge >= 0.3 is 0 Å². The van der Waals surface area contributed by atoms with E-state index in [1.807, 2.05) is 23.1 Å². The van der Waals surface area contributed by atoms with Crippen LogP contribution >= 0.6 is 0 Å². The molecule has 0 bridgehead atoms. The molecular formula is C19H31N3O3. The number of piperazine rings is 1. The predicted octanol–water partition coefficient (Wildman–Crippen LogP) is 1.34. The Morgan fingerprint density at radius 3 is 2.36 bits per heavy atom. The van der Waals surface area contributed by atoms with Gasteiger partial charge in [0.25, 0.3) is 0 Å². The van der Waals surface area contributed by atoms with Crippen LogP contribution in [-0.4, -0.2) is 88.2 Å². The molecule has 1 fully saturated rings. The third kappa shape index (κ3) is 5.90. The number of hydrogen-bond acceptors (Lipinski definition) is 5. The molecule has 0 aromatic heterocycles. The summed E-state index contributed by atoms with van der Waals surface area (Å²) in [5.41, 5.74) is 1.09. The van der Waals surface area contributed by atoms with E-state index in [2.05, 4.69) is 23.9 Å². The number of likely N-dealkylation sites (N-methyl/N-ethyl adjacent to an activating group) is 1. The molecule has 1 aliphatic rings. The predicted molar refractivity (Wildman–Crippen MR) is 99.4 cm³/mol. The molecule has 1 aliphatic heterocycles. The lowest BCUT2D eigenvalue weighted by molar-refractivity contribution is -0.132. The van der Waals surface area contributed by atoms with Gasteiger partial charge in [0.05, 0.1) is 14.2 Å². The highest BCUT2D eigenvalue weighted by atomic mass is 16.5. The standard InChI is InChI=1S/C19H31N3O3/c1-20(2)9-10-21-11-13-22(14-12-21)19(23)8-6-16-5-7-17(24-3)18(15-16)25-4/h5,7,15H,6,8-14H2,1-4H3. The van der Waals surface area contributed by atoms with E-state index in [9.17, 15) is 4.79 Å². The zero-order valence-corrected chi connectivity index (χ0v) is 16.0. The highest BCUT2D eigenvalue weighted by Crippen LogP contribution is 2.28. The first kappa shape index (κ1) is 19.5. The molecule has 1 amide bonds. The maximum Gasteiger partial charge on any atom is 0.222 e. The van der Waals surface area contributed by atoms with Crippen LogP contribution in [0.2, 0.25) is 0 Å². The van der Waals surface area contributed by atoms with Crippen LogP contribution in [0.4, 0.5) is 0 Å². The van der Waals surface area contributed by atoms with Crippen LogP contribution in [0.3, 0.4) is 0 Å². The Labute approximate surface area is 151 Å². The monoisotopic (exact) mass is 349 g/mol. The van der Waals surface area contributed by atoms with Crippen molar-refractivity contribution in [2.24, 2.45) is 0 Å². The molecule has 0 atom stereocenters. The van der Waals surface area contributed by atoms with Crippen molar-refractivity contribution < 1.29 is 14.3 Å². The number of rotatable bonds is 8. The van der Waals surface area contributed by atoms with Crippen molar-refractivity contribution in [1.29, 1.82) is 0 Å². The topological polar surface area (TPSA) is 45.2 Å². The average molecular weight is 349 g/mol. The number of ether oxygens (including phenoxy) is 2. The lowest BCUT2D eigenvalue weighted by Gasteiger charge is -2.35. The minimum Gasteiger partial charge on any atom is -0.493 e. The fourth-order valence-corrected chi connectivity index (χ4v) is 3.01. The molecule has 0 unspecified atom stereocenters. The number of hydrogen-bond donors (Lipinski definition) is 0. The molecule has 0 spiro atoms. The van der Waals surface area contributed by atoms with Gasteiger partial charge in [0.1, 0.15) is 0 Å². The van der Waals surface area contributed by atoms with Crippen LogP contribution in [0.1, 0.15) is 12.0 Å². The second-order valence-electron chi connectivity index (χ2n) is 6.72. The molecule has 1 aromatic rings. The maximum absolute atomic E-state index is 12.5. The van der Waals surface area contributed by atoms with E-state index in [1.165, 1.54) is 0 Å². The Kier molecular flexibility index (Phi) is 7.52. The lowest BCUT2D eigenvalue weighted by Crippen LogP contribution is -2.50. The fourth-order valence-electron chi connectivity index (χ4n) is 3.01. The van der Waals surface area contributed by atoms with E-state index in [0.29, 0.717) is 17.9 Å². The van der Waals surface area contributed by atoms with Crippen molar-refractivity contribution in [3.8, 4) is 11.5 Å². The number of carbonyl (C=O) groups excluding carboxylic acids is 1. The average Bonchev–Trinajstić information content (AvgIpc) is 2.64. The van der Waals surface area contributed by atoms with Crippen molar-refractivity contribution >= 4 is 5.91 Å². The number of aryl methyl sites for hydroxylation is 1. The Morgan fingerprint density at radius 1 is 1.08 bits per heavy atom. The summed E-state index contributed by atoms with van der Waals surface area (Å²) in [5.74, 6) is 1.66. The summed E-state index contributed by atoms with van der Waals surface area (Å²) < 4.78 is 10.6. The zero-order valence-electron chi connectivity index (χ0n) is 16.0. The minimum absolute atomic E-state index is 0.238. The molecule has 1 aromatic carbocycles. The number of benzene rings is 1. The molecule has 0 aliphatic carbocycles. The molecule has 1 saturated heterocycles. The van der Waals surface area contributed by atoms with Gasteiger partial charge < -0.3 is 19.3 Å². The Hall–Kier alpha value is -1.79. The molecule has 6 heteroatoms. The van der Waals surface area contributed by atoms with Gasteiger partial charge in [0, 0.05) is 45.7 Å². The normalized spacial score (nSPS) is 15.5. The summed E-state index contributed by atoms with van der Waals surface area (Å²) in [7, 11) is 7.43. The molecule has 0 saturated carbocycles. The minimum atomic E-state index is 0.238. The molecule has 1 heterocycles. The SMILES string of the molecule is COc1ccc(CCC(=O)N2CCN(CCN(C)C)CC2)cc1OC. The summed E-state index contributed by atoms with van der Waals surface area (Å²) in [6.07, 6.45) is 1.26. The van der Waals surface area contributed by atoms with E-state index in [0.717, 1.165) is 51.3 Å². The van der Waals surface area contributed by atoms with Crippen molar-refractivity contribution in [2.75, 3.05) is 67.6 Å². The molecule has 0 radical (unpaired) electrons. The van der Waals surface area contributed by atoms with Gasteiger partial charge in [0.2, 0.25) is 5.91 Å². The maximum atomic E-state index is 12.5. The van der Waals surface area contributed by atoms with Gasteiger partial charge in [-0.25, -0.2) is 0 Å². The molecule has 2 rings (SSSR count). The summed E-state index contributed by atoms with van der Waals surface area (Å²) in [6.45, 7) is 5.73. The van der Waals surface area contributed by atoms with Gasteiger partial charge in [-0.2, -0.15) is 0 Å². The first-order chi connectivity index (χ1) is 12.0. The van der Waals surface area contributed by atoms with E-state index >= 15 is 0 Å². The molecule has 0 N–H and O–H groups in total. The quantitative estimate of drug-likeness (QED) is 0.709. The van der Waals surface area contributed by atoms with Crippen molar-refractivity contribution in [3.63, 3.8) is 0 Å². The van der Waals surface area contributed by atoms with Crippen LogP contribution in [0.15, 0.2) is 18.2 Å². The lowest BCUT2D eigenvalue weighted by atomic mass is 10.1. The van der Waals surface area contributed by atoms with Crippen molar-refractivity contribution in [2.45, 2.75) is 12.8 Å². The highest BCUT2D eigenvalue weighted by molar-refractivity contribution is 5.76. The van der Waals surface area contributed by atoms with Crippen molar-refractivity contribution in [1.82, 2.24) is 14.7 Å². The Balaban J connectivity index is 1.77. The van der Waals surface area contributed by atoms with Crippen molar-refractivity contribution in [3.05, 3.63) is 23.8 Å². The summed E-state index contributed by atoms with van der Waals surface area (Å²) in [6, 6.07) is 5.83. The molecule has 25 heavy (non-hydrogen) atoms. The molecule has 6 nitrogen and oxygen atoms in total. The smallest absolute Gasteiger partial charge is 0.222 e. The molecular weight excluding hydrogens is 318 g/mol. The number of carbonyl (C=O) groups is 1. The summed E-state index contributed by atoms with van der Waals surface area (Å²) in [5, 5.41) is 0. The first-order valence-electron chi connectivity index (χ1n) is 8.89. The zero-order chi connectivity index (χ0) is 18.2. The number of nitrogens with zero attached hydrogens (tertiary/aromatic N) is 3. The van der Waals surface area contributed by atoms with E-state index in [1.54, 1.807) is 14.2 Å². The van der Waals surface area contributed by atoms with Crippen LogP contribution in [0.25, 0.3) is 0 Å². The van der Waals surface area contributed by atoms with E-state index < -0.39 is 0 Å². The second-order valence-corrected chi connectivity index (χ2v) is 6.72. The fraction of sp³-hybridized carbons (Fsp3) is 0.632. The van der Waals surface area contributed by atoms with Crippen LogP contribution in [0.5, 0.6) is 11.5 Å². The van der Waals surface area contributed by atoms with Crippen LogP contribution in [0, 0.1) is 0 Å². The third-order valence-corrected chi connectivity index (χ3v) is 4.66. The van der Waals surface area contributed by atoms with Gasteiger partial charge in [-0.15, -0.1) is 0 Å². The van der Waals surface area contributed by atoms with Crippen LogP contribution < -0.4 is 9.47 Å². The number of methoxy groups -OCH3 is 2. The largest absolute Gasteiger partial charge is 0.493 e. The second kappa shape index (κ2) is 9.63. The van der Waals surface area contributed by atoms with Gasteiger partial charge in [-0.1, -0.05) is 6.07 Å². The molecule has 140 valence electrons. The summed E-state index contributed by atoms with van der Waals surface area (Å²) in [4.78, 5) is 19.1. The Morgan fingerprint density at radius 2 is 1.76 bits per heavy atom. The van der Waals surface area contributed by atoms with Gasteiger partial charge in [-0.3, -0.25) is 9.69 Å². The first-order valence-corrected chi connectivity index (χ1v) is 8.89. The Bertz CT molecular complexity index is 555.